The fourth-order valence-electron chi connectivity index (χ4n) is 1.35. The normalized spacial score (nSPS) is 30.5. The van der Waals surface area contributed by atoms with Crippen molar-refractivity contribution in [2.24, 2.45) is 0 Å². The summed E-state index contributed by atoms with van der Waals surface area (Å²) in [5.41, 5.74) is 0. The zero-order chi connectivity index (χ0) is 8.81. The molecule has 72 valence electrons. The molecule has 4 heteroatoms. The van der Waals surface area contributed by atoms with Crippen LogP contribution in [0.15, 0.2) is 0 Å². The lowest BCUT2D eigenvalue weighted by atomic mass is 10.2. The molecule has 1 aliphatic heterocycles. The number of hydrogen-bond acceptors (Lipinski definition) is 4. The van der Waals surface area contributed by atoms with Crippen molar-refractivity contribution in [3.8, 4) is 0 Å². The zero-order valence-electron chi connectivity index (χ0n) is 7.89. The van der Waals surface area contributed by atoms with E-state index in [0.717, 1.165) is 26.1 Å². The van der Waals surface area contributed by atoms with Crippen molar-refractivity contribution in [3.63, 3.8) is 0 Å². The van der Waals surface area contributed by atoms with Gasteiger partial charge in [0, 0.05) is 13.1 Å². The lowest BCUT2D eigenvalue weighted by molar-refractivity contribution is -0.0525. The van der Waals surface area contributed by atoms with E-state index >= 15 is 0 Å². The maximum atomic E-state index is 5.72. The van der Waals surface area contributed by atoms with Gasteiger partial charge in [-0.3, -0.25) is 5.32 Å². The van der Waals surface area contributed by atoms with Crippen molar-refractivity contribution in [1.29, 1.82) is 0 Å². The summed E-state index contributed by atoms with van der Waals surface area (Å²) in [6, 6.07) is 0. The van der Waals surface area contributed by atoms with E-state index in [1.807, 2.05) is 14.1 Å². The third kappa shape index (κ3) is 3.06. The number of morpholine rings is 1. The molecule has 3 N–H and O–H groups in total. The topological polar surface area (TPSA) is 45.3 Å². The SMILES string of the molecule is CNCC[C@H]1CNC[C@@H](NC)O1. The maximum Gasteiger partial charge on any atom is 0.120 e. The van der Waals surface area contributed by atoms with Crippen LogP contribution in [0.2, 0.25) is 0 Å². The van der Waals surface area contributed by atoms with E-state index in [0.29, 0.717) is 6.10 Å². The summed E-state index contributed by atoms with van der Waals surface area (Å²) in [7, 11) is 3.89. The van der Waals surface area contributed by atoms with Gasteiger partial charge < -0.3 is 15.4 Å². The monoisotopic (exact) mass is 173 g/mol. The second-order valence-corrected chi connectivity index (χ2v) is 3.09. The Hall–Kier alpha value is -0.160. The summed E-state index contributed by atoms with van der Waals surface area (Å²) in [5, 5.41) is 9.55. The summed E-state index contributed by atoms with van der Waals surface area (Å²) >= 11 is 0. The molecule has 0 unspecified atom stereocenters. The Balaban J connectivity index is 2.16. The van der Waals surface area contributed by atoms with E-state index in [2.05, 4.69) is 16.0 Å². The molecule has 0 aromatic heterocycles. The Morgan fingerprint density at radius 3 is 2.92 bits per heavy atom. The van der Waals surface area contributed by atoms with E-state index in [9.17, 15) is 0 Å². The molecule has 12 heavy (non-hydrogen) atoms. The summed E-state index contributed by atoms with van der Waals surface area (Å²) < 4.78 is 5.72. The molecule has 0 aromatic carbocycles. The van der Waals surface area contributed by atoms with Gasteiger partial charge in [0.25, 0.3) is 0 Å². The molecule has 1 rings (SSSR count). The molecule has 1 saturated heterocycles. The Morgan fingerprint density at radius 1 is 1.42 bits per heavy atom. The standard InChI is InChI=1S/C8H19N3O/c1-9-4-3-7-5-11-6-8(10-2)12-7/h7-11H,3-6H2,1-2H3/t7-,8-/m0/s1. The van der Waals surface area contributed by atoms with Crippen molar-refractivity contribution in [1.82, 2.24) is 16.0 Å². The fourth-order valence-corrected chi connectivity index (χ4v) is 1.35. The molecule has 1 aliphatic rings. The maximum absolute atomic E-state index is 5.72. The van der Waals surface area contributed by atoms with E-state index in [1.54, 1.807) is 0 Å². The quantitative estimate of drug-likeness (QED) is 0.517. The van der Waals surface area contributed by atoms with Gasteiger partial charge in [-0.1, -0.05) is 0 Å². The van der Waals surface area contributed by atoms with Gasteiger partial charge in [-0.05, 0) is 27.1 Å². The largest absolute Gasteiger partial charge is 0.357 e. The van der Waals surface area contributed by atoms with E-state index < -0.39 is 0 Å². The predicted molar refractivity (Wildman–Crippen MR) is 49.1 cm³/mol. The summed E-state index contributed by atoms with van der Waals surface area (Å²) in [5.74, 6) is 0. The minimum Gasteiger partial charge on any atom is -0.357 e. The predicted octanol–water partition coefficient (Wildman–Crippen LogP) is -0.870. The summed E-state index contributed by atoms with van der Waals surface area (Å²) in [4.78, 5) is 0. The first-order chi connectivity index (χ1) is 5.86. The van der Waals surface area contributed by atoms with E-state index in [1.165, 1.54) is 0 Å². The van der Waals surface area contributed by atoms with Crippen molar-refractivity contribution in [3.05, 3.63) is 0 Å². The van der Waals surface area contributed by atoms with Crippen molar-refractivity contribution < 1.29 is 4.74 Å². The first-order valence-electron chi connectivity index (χ1n) is 4.55. The second kappa shape index (κ2) is 5.48. The first-order valence-corrected chi connectivity index (χ1v) is 4.55. The highest BCUT2D eigenvalue weighted by molar-refractivity contribution is 4.72. The second-order valence-electron chi connectivity index (χ2n) is 3.09. The molecule has 0 bridgehead atoms. The van der Waals surface area contributed by atoms with Crippen LogP contribution in [-0.2, 0) is 4.74 Å². The number of likely N-dealkylation sites (N-methyl/N-ethyl adjacent to an activating group) is 1. The average Bonchev–Trinajstić information content (AvgIpc) is 2.15. The Morgan fingerprint density at radius 2 is 2.25 bits per heavy atom. The molecule has 0 aliphatic carbocycles. The summed E-state index contributed by atoms with van der Waals surface area (Å²) in [6.07, 6.45) is 1.60. The van der Waals surface area contributed by atoms with E-state index in [-0.39, 0.29) is 6.23 Å². The van der Waals surface area contributed by atoms with Crippen molar-refractivity contribution >= 4 is 0 Å². The van der Waals surface area contributed by atoms with Crippen LogP contribution in [-0.4, -0.2) is 46.1 Å². The lowest BCUT2D eigenvalue weighted by Crippen LogP contribution is -2.50. The van der Waals surface area contributed by atoms with Gasteiger partial charge in [0.05, 0.1) is 6.10 Å². The molecule has 1 heterocycles. The van der Waals surface area contributed by atoms with Gasteiger partial charge in [-0.2, -0.15) is 0 Å². The minimum absolute atomic E-state index is 0.181. The molecular weight excluding hydrogens is 154 g/mol. The van der Waals surface area contributed by atoms with Crippen LogP contribution >= 0.6 is 0 Å². The van der Waals surface area contributed by atoms with Crippen LogP contribution in [0.5, 0.6) is 0 Å². The van der Waals surface area contributed by atoms with Gasteiger partial charge in [-0.25, -0.2) is 0 Å². The third-order valence-corrected chi connectivity index (χ3v) is 2.10. The number of ether oxygens (including phenoxy) is 1. The molecule has 0 aromatic rings. The minimum atomic E-state index is 0.181. The van der Waals surface area contributed by atoms with Crippen LogP contribution in [0.3, 0.4) is 0 Å². The summed E-state index contributed by atoms with van der Waals surface area (Å²) in [6.45, 7) is 2.90. The van der Waals surface area contributed by atoms with Gasteiger partial charge in [-0.15, -0.1) is 0 Å². The van der Waals surface area contributed by atoms with Gasteiger partial charge in [0.15, 0.2) is 0 Å². The highest BCUT2D eigenvalue weighted by Crippen LogP contribution is 2.04. The third-order valence-electron chi connectivity index (χ3n) is 2.10. The number of nitrogens with one attached hydrogen (secondary N) is 3. The smallest absolute Gasteiger partial charge is 0.120 e. The molecule has 2 atom stereocenters. The Labute approximate surface area is 74.1 Å². The van der Waals surface area contributed by atoms with Gasteiger partial charge >= 0.3 is 0 Å². The molecule has 1 fully saturated rings. The highest BCUT2D eigenvalue weighted by Gasteiger charge is 2.19. The highest BCUT2D eigenvalue weighted by atomic mass is 16.5. The fraction of sp³-hybridized carbons (Fsp3) is 1.00. The number of hydrogen-bond donors (Lipinski definition) is 3. The molecule has 0 spiro atoms. The number of rotatable bonds is 4. The first kappa shape index (κ1) is 9.92. The Kier molecular flexibility index (Phi) is 4.53. The van der Waals surface area contributed by atoms with E-state index in [4.69, 9.17) is 4.74 Å². The van der Waals surface area contributed by atoms with Crippen molar-refractivity contribution in [2.75, 3.05) is 33.7 Å². The average molecular weight is 173 g/mol. The molecule has 0 amide bonds. The molecule has 0 radical (unpaired) electrons. The van der Waals surface area contributed by atoms with Gasteiger partial charge in [0.2, 0.25) is 0 Å². The molecule has 4 nitrogen and oxygen atoms in total. The van der Waals surface area contributed by atoms with Crippen molar-refractivity contribution in [2.45, 2.75) is 18.8 Å². The molecular formula is C8H19N3O. The lowest BCUT2D eigenvalue weighted by Gasteiger charge is -2.30. The molecule has 0 saturated carbocycles. The van der Waals surface area contributed by atoms with Crippen LogP contribution in [0.25, 0.3) is 0 Å². The Bertz CT molecular complexity index is 121. The van der Waals surface area contributed by atoms with Gasteiger partial charge in [0.1, 0.15) is 6.23 Å². The van der Waals surface area contributed by atoms with Crippen LogP contribution in [0.1, 0.15) is 6.42 Å². The van der Waals surface area contributed by atoms with Crippen LogP contribution in [0, 0.1) is 0 Å². The zero-order valence-corrected chi connectivity index (χ0v) is 7.89. The van der Waals surface area contributed by atoms with Crippen LogP contribution in [0.4, 0.5) is 0 Å². The van der Waals surface area contributed by atoms with Crippen LogP contribution < -0.4 is 16.0 Å².